The lowest BCUT2D eigenvalue weighted by Crippen LogP contribution is -2.17. The van der Waals surface area contributed by atoms with E-state index in [1.165, 1.54) is 4.88 Å². The van der Waals surface area contributed by atoms with E-state index in [2.05, 4.69) is 23.7 Å². The van der Waals surface area contributed by atoms with Crippen LogP contribution >= 0.6 is 11.3 Å². The Balaban J connectivity index is 1.92. The third-order valence-corrected chi connectivity index (χ3v) is 3.84. The van der Waals surface area contributed by atoms with E-state index in [1.807, 2.05) is 18.2 Å². The van der Waals surface area contributed by atoms with Gasteiger partial charge in [-0.15, -0.1) is 11.3 Å². The first-order chi connectivity index (χ1) is 8.66. The van der Waals surface area contributed by atoms with Crippen LogP contribution in [0.25, 0.3) is 0 Å². The van der Waals surface area contributed by atoms with E-state index in [4.69, 9.17) is 5.11 Å². The summed E-state index contributed by atoms with van der Waals surface area (Å²) in [7, 11) is 0. The molecular weight excluding hydrogens is 246 g/mol. The van der Waals surface area contributed by atoms with E-state index < -0.39 is 5.97 Å². The topological polar surface area (TPSA) is 49.3 Å². The standard InChI is InChI=1S/C14H15NO2S/c1-10(13-3-2-8-18-13)15-9-11-4-6-12(7-5-11)14(16)17/h2-8,10,15H,9H2,1H3,(H,16,17). The average Bonchev–Trinajstić information content (AvgIpc) is 2.90. The van der Waals surface area contributed by atoms with E-state index in [0.717, 1.165) is 12.1 Å². The van der Waals surface area contributed by atoms with E-state index >= 15 is 0 Å². The van der Waals surface area contributed by atoms with Crippen LogP contribution in [0.15, 0.2) is 41.8 Å². The van der Waals surface area contributed by atoms with Crippen molar-refractivity contribution >= 4 is 17.3 Å². The Labute approximate surface area is 110 Å². The molecule has 0 aliphatic heterocycles. The molecule has 1 aromatic heterocycles. The molecule has 0 radical (unpaired) electrons. The molecule has 4 heteroatoms. The predicted molar refractivity (Wildman–Crippen MR) is 73.0 cm³/mol. The smallest absolute Gasteiger partial charge is 0.335 e. The highest BCUT2D eigenvalue weighted by Crippen LogP contribution is 2.18. The fourth-order valence-corrected chi connectivity index (χ4v) is 2.43. The van der Waals surface area contributed by atoms with Crippen molar-refractivity contribution in [2.75, 3.05) is 0 Å². The second kappa shape index (κ2) is 5.80. The van der Waals surface area contributed by atoms with Crippen LogP contribution in [0.3, 0.4) is 0 Å². The SMILES string of the molecule is CC(NCc1ccc(C(=O)O)cc1)c1cccs1. The van der Waals surface area contributed by atoms with Gasteiger partial charge in [0, 0.05) is 17.5 Å². The van der Waals surface area contributed by atoms with Gasteiger partial charge in [0.05, 0.1) is 5.56 Å². The first-order valence-electron chi connectivity index (χ1n) is 5.76. The van der Waals surface area contributed by atoms with Crippen molar-refractivity contribution in [3.63, 3.8) is 0 Å². The lowest BCUT2D eigenvalue weighted by atomic mass is 10.1. The van der Waals surface area contributed by atoms with Gasteiger partial charge in [-0.1, -0.05) is 18.2 Å². The molecule has 0 spiro atoms. The lowest BCUT2D eigenvalue weighted by Gasteiger charge is -2.12. The van der Waals surface area contributed by atoms with Crippen LogP contribution < -0.4 is 5.32 Å². The van der Waals surface area contributed by atoms with Crippen LogP contribution in [0.2, 0.25) is 0 Å². The molecule has 0 aliphatic carbocycles. The summed E-state index contributed by atoms with van der Waals surface area (Å²) in [5.41, 5.74) is 1.41. The zero-order valence-corrected chi connectivity index (χ0v) is 10.9. The number of thiophene rings is 1. The molecule has 3 nitrogen and oxygen atoms in total. The fraction of sp³-hybridized carbons (Fsp3) is 0.214. The minimum Gasteiger partial charge on any atom is -0.478 e. The summed E-state index contributed by atoms with van der Waals surface area (Å²) in [6.45, 7) is 2.86. The third-order valence-electron chi connectivity index (χ3n) is 2.78. The number of hydrogen-bond donors (Lipinski definition) is 2. The monoisotopic (exact) mass is 261 g/mol. The lowest BCUT2D eigenvalue weighted by molar-refractivity contribution is 0.0697. The Morgan fingerprint density at radius 3 is 2.61 bits per heavy atom. The molecule has 0 aliphatic rings. The molecule has 0 bridgehead atoms. The normalized spacial score (nSPS) is 12.3. The molecule has 2 rings (SSSR count). The minimum absolute atomic E-state index is 0.309. The molecule has 2 N–H and O–H groups in total. The number of nitrogens with one attached hydrogen (secondary N) is 1. The van der Waals surface area contributed by atoms with E-state index in [-0.39, 0.29) is 0 Å². The average molecular weight is 261 g/mol. The van der Waals surface area contributed by atoms with Crippen LogP contribution in [0.1, 0.15) is 33.8 Å². The number of carboxylic acids is 1. The highest BCUT2D eigenvalue weighted by Gasteiger charge is 2.06. The van der Waals surface area contributed by atoms with Gasteiger partial charge in [-0.25, -0.2) is 4.79 Å². The Hall–Kier alpha value is -1.65. The molecule has 94 valence electrons. The van der Waals surface area contributed by atoms with Gasteiger partial charge in [0.25, 0.3) is 0 Å². The Morgan fingerprint density at radius 2 is 2.06 bits per heavy atom. The Bertz CT molecular complexity index is 505. The zero-order valence-electron chi connectivity index (χ0n) is 10.1. The summed E-state index contributed by atoms with van der Waals surface area (Å²) >= 11 is 1.73. The second-order valence-corrected chi connectivity index (χ2v) is 5.10. The van der Waals surface area contributed by atoms with Crippen molar-refractivity contribution in [2.24, 2.45) is 0 Å². The van der Waals surface area contributed by atoms with Crippen LogP contribution in [-0.4, -0.2) is 11.1 Å². The van der Waals surface area contributed by atoms with Gasteiger partial charge >= 0.3 is 5.97 Å². The van der Waals surface area contributed by atoms with Gasteiger partial charge in [0.1, 0.15) is 0 Å². The number of aromatic carboxylic acids is 1. The molecule has 1 unspecified atom stereocenters. The summed E-state index contributed by atoms with van der Waals surface area (Å²) < 4.78 is 0. The molecule has 0 amide bonds. The van der Waals surface area contributed by atoms with Gasteiger partial charge < -0.3 is 10.4 Å². The maximum Gasteiger partial charge on any atom is 0.335 e. The minimum atomic E-state index is -0.888. The van der Waals surface area contributed by atoms with E-state index in [1.54, 1.807) is 23.5 Å². The third kappa shape index (κ3) is 3.18. The molecule has 18 heavy (non-hydrogen) atoms. The summed E-state index contributed by atoms with van der Waals surface area (Å²) in [4.78, 5) is 12.0. The maximum atomic E-state index is 10.7. The van der Waals surface area contributed by atoms with E-state index in [9.17, 15) is 4.79 Å². The largest absolute Gasteiger partial charge is 0.478 e. The van der Waals surface area contributed by atoms with Gasteiger partial charge in [0.15, 0.2) is 0 Å². The van der Waals surface area contributed by atoms with Gasteiger partial charge in [-0.05, 0) is 36.1 Å². The number of benzene rings is 1. The highest BCUT2D eigenvalue weighted by atomic mass is 32.1. The predicted octanol–water partition coefficient (Wildman–Crippen LogP) is 3.30. The van der Waals surface area contributed by atoms with Crippen LogP contribution in [0.5, 0.6) is 0 Å². The van der Waals surface area contributed by atoms with Gasteiger partial charge in [-0.3, -0.25) is 0 Å². The molecule has 1 heterocycles. The van der Waals surface area contributed by atoms with Crippen molar-refractivity contribution in [1.29, 1.82) is 0 Å². The molecule has 1 aromatic carbocycles. The van der Waals surface area contributed by atoms with Crippen LogP contribution in [0, 0.1) is 0 Å². The highest BCUT2D eigenvalue weighted by molar-refractivity contribution is 7.10. The van der Waals surface area contributed by atoms with Crippen LogP contribution in [-0.2, 0) is 6.54 Å². The van der Waals surface area contributed by atoms with Crippen molar-refractivity contribution in [2.45, 2.75) is 19.5 Å². The van der Waals surface area contributed by atoms with E-state index in [0.29, 0.717) is 11.6 Å². The summed E-state index contributed by atoms with van der Waals surface area (Å²) in [6.07, 6.45) is 0. The fourth-order valence-electron chi connectivity index (χ4n) is 1.67. The van der Waals surface area contributed by atoms with Crippen LogP contribution in [0.4, 0.5) is 0 Å². The molecule has 0 saturated heterocycles. The van der Waals surface area contributed by atoms with Crippen molar-refractivity contribution in [3.05, 3.63) is 57.8 Å². The number of carboxylic acid groups (broad SMARTS) is 1. The molecule has 2 aromatic rings. The molecule has 0 saturated carbocycles. The Morgan fingerprint density at radius 1 is 1.33 bits per heavy atom. The van der Waals surface area contributed by atoms with Gasteiger partial charge in [-0.2, -0.15) is 0 Å². The number of hydrogen-bond acceptors (Lipinski definition) is 3. The van der Waals surface area contributed by atoms with Crippen molar-refractivity contribution in [1.82, 2.24) is 5.32 Å². The summed E-state index contributed by atoms with van der Waals surface area (Å²) in [5, 5.41) is 14.3. The first kappa shape index (κ1) is 12.8. The molecular formula is C14H15NO2S. The summed E-state index contributed by atoms with van der Waals surface area (Å²) in [6, 6.07) is 11.4. The van der Waals surface area contributed by atoms with Gasteiger partial charge in [0.2, 0.25) is 0 Å². The second-order valence-electron chi connectivity index (χ2n) is 4.12. The van der Waals surface area contributed by atoms with Crippen molar-refractivity contribution < 1.29 is 9.90 Å². The quantitative estimate of drug-likeness (QED) is 0.868. The first-order valence-corrected chi connectivity index (χ1v) is 6.64. The Kier molecular flexibility index (Phi) is 4.12. The molecule has 0 fully saturated rings. The molecule has 1 atom stereocenters. The number of rotatable bonds is 5. The van der Waals surface area contributed by atoms with Crippen molar-refractivity contribution in [3.8, 4) is 0 Å². The zero-order chi connectivity index (χ0) is 13.0. The maximum absolute atomic E-state index is 10.7. The number of carbonyl (C=O) groups is 1. The summed E-state index contributed by atoms with van der Waals surface area (Å²) in [5.74, 6) is -0.888.